The first-order valence-electron chi connectivity index (χ1n) is 3.18. The molecule has 2 aromatic rings. The number of aromatic nitrogens is 5. The number of H-pyrrole nitrogens is 3. The first kappa shape index (κ1) is 6.65. The van der Waals surface area contributed by atoms with Gasteiger partial charge >= 0.3 is 11.4 Å². The Balaban J connectivity index is 2.77. The van der Waals surface area contributed by atoms with E-state index in [-0.39, 0.29) is 5.95 Å². The third kappa shape index (κ3) is 0.797. The number of rotatable bonds is 1. The molecule has 62 valence electrons. The van der Waals surface area contributed by atoms with Crippen LogP contribution in [0, 0.1) is 0 Å². The van der Waals surface area contributed by atoms with Crippen molar-refractivity contribution in [3.8, 4) is 5.95 Å². The Kier molecular flexibility index (Phi) is 1.23. The Hall–Kier alpha value is -2.05. The Morgan fingerprint density at radius 3 is 2.42 bits per heavy atom. The molecular formula is C5H5N5O2. The van der Waals surface area contributed by atoms with Crippen molar-refractivity contribution in [1.29, 1.82) is 0 Å². The van der Waals surface area contributed by atoms with Crippen molar-refractivity contribution in [3.05, 3.63) is 33.4 Å². The zero-order valence-electron chi connectivity index (χ0n) is 5.87. The van der Waals surface area contributed by atoms with Gasteiger partial charge in [0.1, 0.15) is 0 Å². The molecule has 0 amide bonds. The highest BCUT2D eigenvalue weighted by atomic mass is 16.2. The van der Waals surface area contributed by atoms with Gasteiger partial charge < -0.3 is 4.98 Å². The van der Waals surface area contributed by atoms with Crippen molar-refractivity contribution >= 4 is 0 Å². The Bertz CT molecular complexity index is 445. The summed E-state index contributed by atoms with van der Waals surface area (Å²) in [6.07, 6.45) is 2.97. The molecule has 0 atom stereocenters. The fourth-order valence-corrected chi connectivity index (χ4v) is 0.883. The standard InChI is InChI=1S/C5H5N5O2/c11-4-8-9-5(12)10(4)3-6-1-2-7-3/h1-2H,(H,6,7)(H,8,11)(H,9,12). The predicted molar refractivity (Wildman–Crippen MR) is 39.2 cm³/mol. The summed E-state index contributed by atoms with van der Waals surface area (Å²) in [6.45, 7) is 0. The number of nitrogens with one attached hydrogen (secondary N) is 3. The lowest BCUT2D eigenvalue weighted by Gasteiger charge is -1.88. The fourth-order valence-electron chi connectivity index (χ4n) is 0.883. The van der Waals surface area contributed by atoms with Crippen LogP contribution in [0.5, 0.6) is 0 Å². The summed E-state index contributed by atoms with van der Waals surface area (Å²) < 4.78 is 0.861. The predicted octanol–water partition coefficient (Wildman–Crippen LogP) is -1.42. The molecule has 2 rings (SSSR count). The molecule has 0 aliphatic carbocycles. The normalized spacial score (nSPS) is 10.3. The second-order valence-corrected chi connectivity index (χ2v) is 2.11. The van der Waals surface area contributed by atoms with Crippen LogP contribution in [0.1, 0.15) is 0 Å². The van der Waals surface area contributed by atoms with Crippen molar-refractivity contribution in [2.75, 3.05) is 0 Å². The second-order valence-electron chi connectivity index (χ2n) is 2.11. The molecule has 0 unspecified atom stereocenters. The minimum Gasteiger partial charge on any atom is -0.330 e. The second kappa shape index (κ2) is 2.22. The van der Waals surface area contributed by atoms with Crippen LogP contribution < -0.4 is 11.4 Å². The van der Waals surface area contributed by atoms with Crippen LogP contribution in [-0.4, -0.2) is 24.7 Å². The molecule has 0 fully saturated rings. The number of aromatic amines is 3. The van der Waals surface area contributed by atoms with Crippen molar-refractivity contribution in [2.45, 2.75) is 0 Å². The molecule has 2 aromatic heterocycles. The van der Waals surface area contributed by atoms with Crippen LogP contribution in [0.25, 0.3) is 5.95 Å². The van der Waals surface area contributed by atoms with E-state index in [0.29, 0.717) is 0 Å². The summed E-state index contributed by atoms with van der Waals surface area (Å²) >= 11 is 0. The van der Waals surface area contributed by atoms with Crippen molar-refractivity contribution in [1.82, 2.24) is 24.7 Å². The Labute approximate surface area is 65.1 Å². The SMILES string of the molecule is O=c1[nH][nH]c(=O)n1-c1ncc[nH]1. The molecule has 2 heterocycles. The summed E-state index contributed by atoms with van der Waals surface area (Å²) in [7, 11) is 0. The van der Waals surface area contributed by atoms with Gasteiger partial charge in [-0.25, -0.2) is 24.8 Å². The fraction of sp³-hybridized carbons (Fsp3) is 0. The minimum atomic E-state index is -0.546. The van der Waals surface area contributed by atoms with Crippen molar-refractivity contribution in [3.63, 3.8) is 0 Å². The van der Waals surface area contributed by atoms with E-state index < -0.39 is 11.4 Å². The maximum atomic E-state index is 11.0. The first-order valence-corrected chi connectivity index (χ1v) is 3.18. The van der Waals surface area contributed by atoms with Gasteiger partial charge in [0.2, 0.25) is 5.95 Å². The number of nitrogens with zero attached hydrogens (tertiary/aromatic N) is 2. The Morgan fingerprint density at radius 2 is 1.92 bits per heavy atom. The van der Waals surface area contributed by atoms with Gasteiger partial charge in [0.15, 0.2) is 0 Å². The van der Waals surface area contributed by atoms with Gasteiger partial charge in [0, 0.05) is 12.4 Å². The summed E-state index contributed by atoms with van der Waals surface area (Å²) in [5, 5.41) is 4.27. The van der Waals surface area contributed by atoms with Gasteiger partial charge in [-0.05, 0) is 0 Å². The van der Waals surface area contributed by atoms with Crippen molar-refractivity contribution < 1.29 is 0 Å². The number of hydrogen-bond donors (Lipinski definition) is 3. The summed E-state index contributed by atoms with van der Waals surface area (Å²) in [5.41, 5.74) is -1.09. The van der Waals surface area contributed by atoms with E-state index >= 15 is 0 Å². The highest BCUT2D eigenvalue weighted by Gasteiger charge is 2.05. The summed E-state index contributed by atoms with van der Waals surface area (Å²) in [6, 6.07) is 0. The van der Waals surface area contributed by atoms with Gasteiger partial charge in [-0.3, -0.25) is 0 Å². The molecule has 3 N–H and O–H groups in total. The van der Waals surface area contributed by atoms with E-state index in [1.165, 1.54) is 12.4 Å². The third-order valence-electron chi connectivity index (χ3n) is 1.38. The topological polar surface area (TPSA) is 99.3 Å². The molecule has 0 aliphatic rings. The monoisotopic (exact) mass is 167 g/mol. The highest BCUT2D eigenvalue weighted by Crippen LogP contribution is 1.87. The highest BCUT2D eigenvalue weighted by molar-refractivity contribution is 5.07. The Morgan fingerprint density at radius 1 is 1.25 bits per heavy atom. The van der Waals surface area contributed by atoms with E-state index in [1.54, 1.807) is 0 Å². The third-order valence-corrected chi connectivity index (χ3v) is 1.38. The molecule has 0 aromatic carbocycles. The van der Waals surface area contributed by atoms with Crippen LogP contribution in [0.2, 0.25) is 0 Å². The van der Waals surface area contributed by atoms with E-state index in [1.807, 2.05) is 0 Å². The molecule has 0 radical (unpaired) electrons. The zero-order chi connectivity index (χ0) is 8.55. The van der Waals surface area contributed by atoms with Crippen LogP contribution in [0.3, 0.4) is 0 Å². The smallest absolute Gasteiger partial charge is 0.330 e. The van der Waals surface area contributed by atoms with Gasteiger partial charge in [-0.15, -0.1) is 0 Å². The first-order chi connectivity index (χ1) is 5.79. The largest absolute Gasteiger partial charge is 0.351 e. The maximum absolute atomic E-state index is 11.0. The average molecular weight is 167 g/mol. The van der Waals surface area contributed by atoms with E-state index in [2.05, 4.69) is 20.2 Å². The van der Waals surface area contributed by atoms with E-state index in [0.717, 1.165) is 4.57 Å². The maximum Gasteiger partial charge on any atom is 0.351 e. The number of imidazole rings is 1. The summed E-state index contributed by atoms with van der Waals surface area (Å²) in [4.78, 5) is 28.3. The minimum absolute atomic E-state index is 0.197. The lowest BCUT2D eigenvalue weighted by molar-refractivity contribution is 0.882. The van der Waals surface area contributed by atoms with Gasteiger partial charge in [-0.2, -0.15) is 4.57 Å². The van der Waals surface area contributed by atoms with Gasteiger partial charge in [0.05, 0.1) is 0 Å². The van der Waals surface area contributed by atoms with E-state index in [9.17, 15) is 9.59 Å². The molecular weight excluding hydrogens is 162 g/mol. The van der Waals surface area contributed by atoms with Crippen LogP contribution in [0.4, 0.5) is 0 Å². The lowest BCUT2D eigenvalue weighted by atomic mass is 10.9. The molecule has 0 bridgehead atoms. The lowest BCUT2D eigenvalue weighted by Crippen LogP contribution is -2.25. The van der Waals surface area contributed by atoms with Gasteiger partial charge in [-0.1, -0.05) is 0 Å². The molecule has 0 saturated heterocycles. The molecule has 7 heteroatoms. The van der Waals surface area contributed by atoms with E-state index in [4.69, 9.17) is 0 Å². The molecule has 0 aliphatic heterocycles. The molecule has 0 saturated carbocycles. The summed E-state index contributed by atoms with van der Waals surface area (Å²) in [5.74, 6) is 0.197. The van der Waals surface area contributed by atoms with Gasteiger partial charge in [0.25, 0.3) is 0 Å². The quantitative estimate of drug-likeness (QED) is 0.485. The molecule has 0 spiro atoms. The molecule has 12 heavy (non-hydrogen) atoms. The van der Waals surface area contributed by atoms with Crippen LogP contribution in [-0.2, 0) is 0 Å². The van der Waals surface area contributed by atoms with Crippen LogP contribution >= 0.6 is 0 Å². The van der Waals surface area contributed by atoms with Crippen molar-refractivity contribution in [2.24, 2.45) is 0 Å². The van der Waals surface area contributed by atoms with Crippen LogP contribution in [0.15, 0.2) is 22.0 Å². The number of hydrogen-bond acceptors (Lipinski definition) is 3. The zero-order valence-corrected chi connectivity index (χ0v) is 5.87. The molecule has 7 nitrogen and oxygen atoms in total. The average Bonchev–Trinajstić information content (AvgIpc) is 2.61.